The van der Waals surface area contributed by atoms with E-state index in [1.54, 1.807) is 5.56 Å². The van der Waals surface area contributed by atoms with Gasteiger partial charge in [0.2, 0.25) is 0 Å². The summed E-state index contributed by atoms with van der Waals surface area (Å²) in [5.74, 6) is 3.24. The molecule has 1 saturated carbocycles. The molecule has 0 amide bonds. The highest BCUT2D eigenvalue weighted by Gasteiger charge is 2.51. The second kappa shape index (κ2) is 5.24. The summed E-state index contributed by atoms with van der Waals surface area (Å²) in [4.78, 5) is 2.65. The summed E-state index contributed by atoms with van der Waals surface area (Å²) in [5, 5.41) is 0. The Hall–Kier alpha value is -1.15. The van der Waals surface area contributed by atoms with E-state index in [4.69, 9.17) is 0 Å². The predicted octanol–water partition coefficient (Wildman–Crippen LogP) is 2.84. The van der Waals surface area contributed by atoms with E-state index in [-0.39, 0.29) is 0 Å². The van der Waals surface area contributed by atoms with Gasteiger partial charge in [-0.3, -0.25) is 0 Å². The van der Waals surface area contributed by atoms with Crippen molar-refractivity contribution < 1.29 is 4.58 Å². The van der Waals surface area contributed by atoms with E-state index in [1.807, 2.05) is 0 Å². The van der Waals surface area contributed by atoms with E-state index in [2.05, 4.69) is 60.1 Å². The summed E-state index contributed by atoms with van der Waals surface area (Å²) in [7, 11) is 4.61. The van der Waals surface area contributed by atoms with Gasteiger partial charge in [-0.05, 0) is 50.3 Å². The monoisotopic (exact) mass is 283 g/mol. The van der Waals surface area contributed by atoms with Gasteiger partial charge in [0, 0.05) is 17.9 Å². The fourth-order valence-electron chi connectivity index (χ4n) is 5.33. The standard InChI is InChI=1S/C19H27N2/c1-20-12-17-15-9-6-10-21(2)19(15)11-16(18(17)13-20)14-7-4-3-5-8-14/h3-5,7-8,12,15-19H,6,9-11,13H2,1-2H3/q+1. The van der Waals surface area contributed by atoms with E-state index in [1.165, 1.54) is 32.4 Å². The molecule has 1 aromatic carbocycles. The van der Waals surface area contributed by atoms with Crippen LogP contribution < -0.4 is 0 Å². The van der Waals surface area contributed by atoms with Crippen LogP contribution in [0.3, 0.4) is 0 Å². The molecule has 2 heteroatoms. The molecule has 2 aliphatic heterocycles. The molecule has 1 saturated heterocycles. The summed E-state index contributed by atoms with van der Waals surface area (Å²) in [6.07, 6.45) is 6.72. The van der Waals surface area contributed by atoms with Gasteiger partial charge in [0.1, 0.15) is 19.8 Å². The van der Waals surface area contributed by atoms with Crippen molar-refractivity contribution in [3.8, 4) is 0 Å². The number of nitrogens with zero attached hydrogens (tertiary/aromatic N) is 2. The quantitative estimate of drug-likeness (QED) is 0.718. The van der Waals surface area contributed by atoms with Crippen molar-refractivity contribution in [3.63, 3.8) is 0 Å². The molecule has 0 radical (unpaired) electrons. The lowest BCUT2D eigenvalue weighted by Gasteiger charge is -2.49. The molecule has 5 atom stereocenters. The molecule has 2 heterocycles. The average molecular weight is 283 g/mol. The molecule has 2 nitrogen and oxygen atoms in total. The molecule has 4 rings (SSSR count). The lowest BCUT2D eigenvalue weighted by molar-refractivity contribution is -0.490. The van der Waals surface area contributed by atoms with Crippen LogP contribution in [-0.4, -0.2) is 48.9 Å². The largest absolute Gasteiger partial charge is 0.303 e. The van der Waals surface area contributed by atoms with Gasteiger partial charge in [0.15, 0.2) is 0 Å². The Kier molecular flexibility index (Phi) is 3.37. The van der Waals surface area contributed by atoms with E-state index < -0.39 is 0 Å². The minimum absolute atomic E-state index is 0.735. The first kappa shape index (κ1) is 13.5. The van der Waals surface area contributed by atoms with Crippen molar-refractivity contribution in [1.29, 1.82) is 0 Å². The number of benzene rings is 1. The molecular formula is C19H27N2+. The maximum absolute atomic E-state index is 2.65. The number of likely N-dealkylation sites (tertiary alicyclic amines) is 1. The fraction of sp³-hybridized carbons (Fsp3) is 0.632. The van der Waals surface area contributed by atoms with Crippen LogP contribution in [0.1, 0.15) is 30.7 Å². The minimum atomic E-state index is 0.735. The Labute approximate surface area is 128 Å². The number of fused-ring (bicyclic) bond motifs is 3. The van der Waals surface area contributed by atoms with Crippen molar-refractivity contribution >= 4 is 6.21 Å². The minimum Gasteiger partial charge on any atom is -0.303 e. The topological polar surface area (TPSA) is 6.25 Å². The van der Waals surface area contributed by atoms with E-state index >= 15 is 0 Å². The molecular weight excluding hydrogens is 256 g/mol. The van der Waals surface area contributed by atoms with E-state index in [9.17, 15) is 0 Å². The Bertz CT molecular complexity index is 536. The zero-order valence-corrected chi connectivity index (χ0v) is 13.3. The average Bonchev–Trinajstić information content (AvgIpc) is 2.89. The number of piperidine rings is 1. The fourth-order valence-corrected chi connectivity index (χ4v) is 5.33. The summed E-state index contributed by atoms with van der Waals surface area (Å²) in [6, 6.07) is 12.1. The van der Waals surface area contributed by atoms with Crippen molar-refractivity contribution in [2.24, 2.45) is 17.8 Å². The summed E-state index contributed by atoms with van der Waals surface area (Å²) in [6.45, 7) is 2.53. The van der Waals surface area contributed by atoms with Gasteiger partial charge in [0.05, 0.1) is 0 Å². The van der Waals surface area contributed by atoms with Crippen LogP contribution in [0.2, 0.25) is 0 Å². The van der Waals surface area contributed by atoms with Crippen LogP contribution in [0.25, 0.3) is 0 Å². The van der Waals surface area contributed by atoms with Gasteiger partial charge < -0.3 is 4.90 Å². The molecule has 0 aromatic heterocycles. The van der Waals surface area contributed by atoms with Crippen molar-refractivity contribution in [1.82, 2.24) is 4.90 Å². The normalized spacial score (nSPS) is 39.5. The third-order valence-corrected chi connectivity index (χ3v) is 6.26. The van der Waals surface area contributed by atoms with Crippen LogP contribution in [0.4, 0.5) is 0 Å². The Morgan fingerprint density at radius 1 is 1.14 bits per heavy atom. The first-order valence-corrected chi connectivity index (χ1v) is 8.54. The zero-order valence-electron chi connectivity index (χ0n) is 13.3. The highest BCUT2D eigenvalue weighted by atomic mass is 15.1. The van der Waals surface area contributed by atoms with Crippen LogP contribution in [-0.2, 0) is 0 Å². The second-order valence-electron chi connectivity index (χ2n) is 7.44. The van der Waals surface area contributed by atoms with Crippen LogP contribution in [0.15, 0.2) is 30.3 Å². The van der Waals surface area contributed by atoms with E-state index in [0.717, 1.165) is 29.7 Å². The molecule has 0 spiro atoms. The molecule has 1 aromatic rings. The Morgan fingerprint density at radius 2 is 1.95 bits per heavy atom. The first-order valence-electron chi connectivity index (χ1n) is 8.54. The SMILES string of the molecule is CN1CCCC2C3C=[N+](C)CC3C(c3ccccc3)CC21. The number of hydrogen-bond acceptors (Lipinski definition) is 1. The van der Waals surface area contributed by atoms with Crippen molar-refractivity contribution in [2.45, 2.75) is 31.2 Å². The molecule has 3 aliphatic rings. The van der Waals surface area contributed by atoms with Crippen molar-refractivity contribution in [3.05, 3.63) is 35.9 Å². The third-order valence-electron chi connectivity index (χ3n) is 6.26. The van der Waals surface area contributed by atoms with Gasteiger partial charge in [-0.1, -0.05) is 30.3 Å². The number of rotatable bonds is 1. The summed E-state index contributed by atoms with van der Waals surface area (Å²) >= 11 is 0. The van der Waals surface area contributed by atoms with Crippen LogP contribution in [0.5, 0.6) is 0 Å². The molecule has 5 unspecified atom stereocenters. The lowest BCUT2D eigenvalue weighted by atomic mass is 9.61. The molecule has 0 bridgehead atoms. The Balaban J connectivity index is 1.70. The molecule has 0 N–H and O–H groups in total. The van der Waals surface area contributed by atoms with Crippen molar-refractivity contribution in [2.75, 3.05) is 27.2 Å². The van der Waals surface area contributed by atoms with E-state index in [0.29, 0.717) is 0 Å². The van der Waals surface area contributed by atoms with Crippen LogP contribution >= 0.6 is 0 Å². The summed E-state index contributed by atoms with van der Waals surface area (Å²) in [5.41, 5.74) is 1.56. The molecule has 1 aliphatic carbocycles. The highest BCUT2D eigenvalue weighted by Crippen LogP contribution is 2.49. The lowest BCUT2D eigenvalue weighted by Crippen LogP contribution is -2.52. The van der Waals surface area contributed by atoms with Gasteiger partial charge in [-0.25, -0.2) is 4.58 Å². The predicted molar refractivity (Wildman–Crippen MR) is 87.0 cm³/mol. The van der Waals surface area contributed by atoms with Gasteiger partial charge in [-0.15, -0.1) is 0 Å². The van der Waals surface area contributed by atoms with Crippen LogP contribution in [0, 0.1) is 17.8 Å². The maximum Gasteiger partial charge on any atom is 0.146 e. The third kappa shape index (κ3) is 2.24. The van der Waals surface area contributed by atoms with Gasteiger partial charge in [-0.2, -0.15) is 0 Å². The highest BCUT2D eigenvalue weighted by molar-refractivity contribution is 5.59. The first-order chi connectivity index (χ1) is 10.2. The zero-order chi connectivity index (χ0) is 14.4. The smallest absolute Gasteiger partial charge is 0.146 e. The Morgan fingerprint density at radius 3 is 2.76 bits per heavy atom. The molecule has 112 valence electrons. The molecule has 21 heavy (non-hydrogen) atoms. The molecule has 2 fully saturated rings. The number of hydrogen-bond donors (Lipinski definition) is 0. The van der Waals surface area contributed by atoms with Gasteiger partial charge in [0.25, 0.3) is 0 Å². The maximum atomic E-state index is 2.65. The van der Waals surface area contributed by atoms with Gasteiger partial charge >= 0.3 is 0 Å². The summed E-state index contributed by atoms with van der Waals surface area (Å²) < 4.78 is 2.46. The second-order valence-corrected chi connectivity index (χ2v) is 7.44.